The van der Waals surface area contributed by atoms with Gasteiger partial charge in [-0.1, -0.05) is 35.5 Å². The summed E-state index contributed by atoms with van der Waals surface area (Å²) in [6.07, 6.45) is 0. The Labute approximate surface area is 154 Å². The van der Waals surface area contributed by atoms with Gasteiger partial charge in [-0.25, -0.2) is 0 Å². The largest absolute Gasteiger partial charge is 0.338 e. The second-order valence-corrected chi connectivity index (χ2v) is 6.46. The molecule has 25 heavy (non-hydrogen) atoms. The number of hydrogen-bond donors (Lipinski definition) is 2. The van der Waals surface area contributed by atoms with Crippen molar-refractivity contribution in [1.29, 1.82) is 0 Å². The minimum absolute atomic E-state index is 0. The molecule has 1 aromatic heterocycles. The summed E-state index contributed by atoms with van der Waals surface area (Å²) in [4.78, 5) is 14.7. The molecule has 0 bridgehead atoms. The molecule has 1 unspecified atom stereocenters. The molecule has 3 N–H and O–H groups in total. The van der Waals surface area contributed by atoms with Crippen LogP contribution in [-0.4, -0.2) is 41.6 Å². The molecule has 1 aromatic carbocycles. The fraction of sp³-hybridized carbons (Fsp3) is 0.444. The molecule has 2 heterocycles. The van der Waals surface area contributed by atoms with Crippen LogP contribution in [0.25, 0.3) is 0 Å². The zero-order valence-electron chi connectivity index (χ0n) is 14.5. The number of nitrogens with zero attached hydrogens (tertiary/aromatic N) is 2. The number of nitrogens with one attached hydrogen (secondary N) is 1. The van der Waals surface area contributed by atoms with Gasteiger partial charge in [-0.2, -0.15) is 0 Å². The summed E-state index contributed by atoms with van der Waals surface area (Å²) < 4.78 is 5.06. The topological polar surface area (TPSA) is 84.4 Å². The zero-order valence-corrected chi connectivity index (χ0v) is 15.3. The molecular formula is C18H25ClN4O2. The van der Waals surface area contributed by atoms with Gasteiger partial charge in [-0.3, -0.25) is 15.0 Å². The summed E-state index contributed by atoms with van der Waals surface area (Å²) in [5.41, 5.74) is 8.00. The van der Waals surface area contributed by atoms with Crippen LogP contribution in [0.1, 0.15) is 24.1 Å². The van der Waals surface area contributed by atoms with Crippen LogP contribution < -0.4 is 11.1 Å². The maximum atomic E-state index is 12.5. The number of aromatic nitrogens is 1. The van der Waals surface area contributed by atoms with E-state index < -0.39 is 0 Å². The Morgan fingerprint density at radius 1 is 1.40 bits per heavy atom. The van der Waals surface area contributed by atoms with Gasteiger partial charge in [-0.05, 0) is 31.9 Å². The normalized spacial score (nSPS) is 21.6. The summed E-state index contributed by atoms with van der Waals surface area (Å²) in [6.45, 7) is 6.00. The Hall–Kier alpha value is -1.89. The molecule has 1 fully saturated rings. The zero-order chi connectivity index (χ0) is 17.1. The maximum Gasteiger partial charge on any atom is 0.243 e. The van der Waals surface area contributed by atoms with Crippen molar-refractivity contribution in [3.63, 3.8) is 0 Å². The third-order valence-electron chi connectivity index (χ3n) is 4.80. The van der Waals surface area contributed by atoms with E-state index in [-0.39, 0.29) is 24.4 Å². The van der Waals surface area contributed by atoms with Crippen LogP contribution in [0.3, 0.4) is 0 Å². The molecule has 1 aliphatic heterocycles. The lowest BCUT2D eigenvalue weighted by Gasteiger charge is -2.23. The highest BCUT2D eigenvalue weighted by Gasteiger charge is 2.37. The van der Waals surface area contributed by atoms with Gasteiger partial charge in [0.05, 0.1) is 11.7 Å². The molecule has 6 nitrogen and oxygen atoms in total. The number of likely N-dealkylation sites (tertiary alicyclic amines) is 1. The Bertz CT molecular complexity index is 691. The van der Waals surface area contributed by atoms with E-state index in [1.54, 1.807) is 6.07 Å². The average molecular weight is 365 g/mol. The molecule has 136 valence electrons. The van der Waals surface area contributed by atoms with Gasteiger partial charge in [-0.15, -0.1) is 12.4 Å². The summed E-state index contributed by atoms with van der Waals surface area (Å²) in [5.74, 6) is 1.02. The number of nitrogens with two attached hydrogens (primary N) is 1. The highest BCUT2D eigenvalue weighted by Crippen LogP contribution is 2.33. The summed E-state index contributed by atoms with van der Waals surface area (Å²) >= 11 is 0. The second-order valence-electron chi connectivity index (χ2n) is 6.46. The fourth-order valence-electron chi connectivity index (χ4n) is 3.35. The third-order valence-corrected chi connectivity index (χ3v) is 4.80. The molecule has 0 saturated carbocycles. The van der Waals surface area contributed by atoms with Crippen LogP contribution in [0, 0.1) is 12.8 Å². The number of amides is 1. The van der Waals surface area contributed by atoms with Crippen LogP contribution in [0.4, 0.5) is 5.88 Å². The number of aryl methyl sites for hydroxylation is 1. The molecule has 3 rings (SSSR count). The summed E-state index contributed by atoms with van der Waals surface area (Å²) in [6, 6.07) is 11.9. The van der Waals surface area contributed by atoms with Crippen LogP contribution in [-0.2, 0) is 4.79 Å². The van der Waals surface area contributed by atoms with Crippen LogP contribution in [0.15, 0.2) is 40.9 Å². The number of anilines is 1. The standard InChI is InChI=1S/C18H24N4O2.ClH/c1-12-8-17(24-21-12)20-18(23)13(2)22-10-15(9-19)16(11-22)14-6-4-3-5-7-14;/h3-8,13,15-16H,9-11,19H2,1-2H3,(H,20,23);1H/t13?,15-,16+;/m1./s1. The van der Waals surface area contributed by atoms with E-state index in [1.807, 2.05) is 32.0 Å². The van der Waals surface area contributed by atoms with E-state index >= 15 is 0 Å². The molecular weight excluding hydrogens is 340 g/mol. The first-order valence-electron chi connectivity index (χ1n) is 8.31. The highest BCUT2D eigenvalue weighted by atomic mass is 35.5. The van der Waals surface area contributed by atoms with E-state index in [4.69, 9.17) is 10.3 Å². The van der Waals surface area contributed by atoms with Crippen molar-refractivity contribution in [1.82, 2.24) is 10.1 Å². The number of halogens is 1. The molecule has 1 aliphatic rings. The average Bonchev–Trinajstić information content (AvgIpc) is 3.21. The predicted octanol–water partition coefficient (Wildman–Crippen LogP) is 2.41. The van der Waals surface area contributed by atoms with Gasteiger partial charge in [0.15, 0.2) is 0 Å². The van der Waals surface area contributed by atoms with Crippen molar-refractivity contribution < 1.29 is 9.32 Å². The number of rotatable bonds is 5. The van der Waals surface area contributed by atoms with Crippen molar-refractivity contribution in [2.45, 2.75) is 25.8 Å². The van der Waals surface area contributed by atoms with E-state index in [0.717, 1.165) is 18.8 Å². The van der Waals surface area contributed by atoms with E-state index in [2.05, 4.69) is 27.5 Å². The molecule has 0 spiro atoms. The minimum atomic E-state index is -0.252. The first kappa shape index (κ1) is 19.4. The monoisotopic (exact) mass is 364 g/mol. The van der Waals surface area contributed by atoms with E-state index in [0.29, 0.717) is 24.3 Å². The number of carbonyl (C=O) groups excluding carboxylic acids is 1. The van der Waals surface area contributed by atoms with Crippen molar-refractivity contribution in [2.24, 2.45) is 11.7 Å². The van der Waals surface area contributed by atoms with Crippen LogP contribution in [0.2, 0.25) is 0 Å². The first-order valence-corrected chi connectivity index (χ1v) is 8.31. The molecule has 1 saturated heterocycles. The molecule has 7 heteroatoms. The minimum Gasteiger partial charge on any atom is -0.338 e. The predicted molar refractivity (Wildman–Crippen MR) is 99.9 cm³/mol. The Morgan fingerprint density at radius 2 is 2.12 bits per heavy atom. The third kappa shape index (κ3) is 4.39. The molecule has 1 amide bonds. The lowest BCUT2D eigenvalue weighted by Crippen LogP contribution is -2.41. The van der Waals surface area contributed by atoms with E-state index in [9.17, 15) is 4.79 Å². The Kier molecular flexibility index (Phi) is 6.58. The Morgan fingerprint density at radius 3 is 2.72 bits per heavy atom. The quantitative estimate of drug-likeness (QED) is 0.851. The number of benzene rings is 1. The van der Waals surface area contributed by atoms with Gasteiger partial charge >= 0.3 is 0 Å². The van der Waals surface area contributed by atoms with Gasteiger partial charge in [0.1, 0.15) is 0 Å². The summed E-state index contributed by atoms with van der Waals surface area (Å²) in [7, 11) is 0. The highest BCUT2D eigenvalue weighted by molar-refractivity contribution is 5.93. The van der Waals surface area contributed by atoms with Gasteiger partial charge in [0.25, 0.3) is 0 Å². The molecule has 0 radical (unpaired) electrons. The van der Waals surface area contributed by atoms with Gasteiger partial charge in [0.2, 0.25) is 11.8 Å². The maximum absolute atomic E-state index is 12.5. The Balaban J connectivity index is 0.00000225. The van der Waals surface area contributed by atoms with Crippen LogP contribution >= 0.6 is 12.4 Å². The molecule has 0 aliphatic carbocycles. The van der Waals surface area contributed by atoms with Gasteiger partial charge in [0, 0.05) is 25.1 Å². The summed E-state index contributed by atoms with van der Waals surface area (Å²) in [5, 5.41) is 6.57. The second kappa shape index (κ2) is 8.47. The van der Waals surface area contributed by atoms with Crippen LogP contribution in [0.5, 0.6) is 0 Å². The van der Waals surface area contributed by atoms with Crippen molar-refractivity contribution >= 4 is 24.2 Å². The lowest BCUT2D eigenvalue weighted by atomic mass is 9.89. The number of carbonyl (C=O) groups is 1. The van der Waals surface area contributed by atoms with Crippen molar-refractivity contribution in [3.05, 3.63) is 47.7 Å². The van der Waals surface area contributed by atoms with E-state index in [1.165, 1.54) is 5.56 Å². The van der Waals surface area contributed by atoms with Crippen molar-refractivity contribution in [2.75, 3.05) is 25.0 Å². The fourth-order valence-corrected chi connectivity index (χ4v) is 3.35. The smallest absolute Gasteiger partial charge is 0.243 e. The number of hydrogen-bond acceptors (Lipinski definition) is 5. The van der Waals surface area contributed by atoms with Gasteiger partial charge < -0.3 is 10.3 Å². The molecule has 2 aromatic rings. The lowest BCUT2D eigenvalue weighted by molar-refractivity contribution is -0.120. The SMILES string of the molecule is Cc1cc(NC(=O)C(C)N2C[C@@H](CN)[C@H](c3ccccc3)C2)on1.Cl. The molecule has 3 atom stereocenters. The first-order chi connectivity index (χ1) is 11.6. The van der Waals surface area contributed by atoms with Crippen molar-refractivity contribution in [3.8, 4) is 0 Å².